The predicted octanol–water partition coefficient (Wildman–Crippen LogP) is 4.01. The first-order valence-electron chi connectivity index (χ1n) is 10.6. The predicted molar refractivity (Wildman–Crippen MR) is 128 cm³/mol. The zero-order valence-corrected chi connectivity index (χ0v) is 18.6. The van der Waals surface area contributed by atoms with Crippen molar-refractivity contribution in [2.45, 2.75) is 13.5 Å². The van der Waals surface area contributed by atoms with Crippen molar-refractivity contribution in [2.75, 3.05) is 18.9 Å². The Morgan fingerprint density at radius 1 is 1.00 bits per heavy atom. The van der Waals surface area contributed by atoms with Gasteiger partial charge in [-0.2, -0.15) is 5.10 Å². The zero-order chi connectivity index (χ0) is 23.2. The minimum absolute atomic E-state index is 0.0803. The Morgan fingerprint density at radius 3 is 2.45 bits per heavy atom. The Balaban J connectivity index is 1.54. The van der Waals surface area contributed by atoms with Gasteiger partial charge in [0.15, 0.2) is 0 Å². The van der Waals surface area contributed by atoms with Crippen molar-refractivity contribution in [1.29, 1.82) is 0 Å². The van der Waals surface area contributed by atoms with E-state index >= 15 is 0 Å². The summed E-state index contributed by atoms with van der Waals surface area (Å²) in [4.78, 5) is 31.4. The van der Waals surface area contributed by atoms with Crippen LogP contribution in [0.1, 0.15) is 21.5 Å². The summed E-state index contributed by atoms with van der Waals surface area (Å²) in [5.41, 5.74) is 4.57. The van der Waals surface area contributed by atoms with Crippen molar-refractivity contribution in [3.05, 3.63) is 102 Å². The van der Waals surface area contributed by atoms with Crippen molar-refractivity contribution in [2.24, 2.45) is 0 Å². The molecule has 7 heteroatoms. The number of likely N-dealkylation sites (N-methyl/N-ethyl adjacent to an activating group) is 1. The summed E-state index contributed by atoms with van der Waals surface area (Å²) in [5.74, 6) is -0.554. The molecule has 2 amide bonds. The summed E-state index contributed by atoms with van der Waals surface area (Å²) in [5, 5.41) is 7.49. The summed E-state index contributed by atoms with van der Waals surface area (Å²) >= 11 is 0. The number of rotatable bonds is 7. The summed E-state index contributed by atoms with van der Waals surface area (Å²) in [6.45, 7) is 2.43. The molecule has 4 aromatic rings. The number of carbonyl (C=O) groups excluding carboxylic acids is 2. The van der Waals surface area contributed by atoms with Crippen LogP contribution in [0.4, 0.5) is 5.69 Å². The van der Waals surface area contributed by atoms with Crippen LogP contribution in [0, 0.1) is 6.92 Å². The molecule has 0 unspecified atom stereocenters. The average Bonchev–Trinajstić information content (AvgIpc) is 3.25. The summed E-state index contributed by atoms with van der Waals surface area (Å²) in [6.07, 6.45) is 5.08. The summed E-state index contributed by atoms with van der Waals surface area (Å²) < 4.78 is 1.74. The van der Waals surface area contributed by atoms with Gasteiger partial charge >= 0.3 is 0 Å². The molecule has 166 valence electrons. The molecular formula is C26H25N5O2. The average molecular weight is 440 g/mol. The first kappa shape index (κ1) is 22.0. The third-order valence-corrected chi connectivity index (χ3v) is 5.18. The first-order valence-corrected chi connectivity index (χ1v) is 10.6. The van der Waals surface area contributed by atoms with Crippen LogP contribution < -0.4 is 5.32 Å². The lowest BCUT2D eigenvalue weighted by atomic mass is 10.1. The molecule has 0 bridgehead atoms. The van der Waals surface area contributed by atoms with Gasteiger partial charge in [0, 0.05) is 36.9 Å². The van der Waals surface area contributed by atoms with Crippen LogP contribution in [-0.4, -0.2) is 45.1 Å². The van der Waals surface area contributed by atoms with Crippen LogP contribution in [0.25, 0.3) is 11.3 Å². The van der Waals surface area contributed by atoms with Gasteiger partial charge in [0.1, 0.15) is 5.69 Å². The second-order valence-electron chi connectivity index (χ2n) is 7.89. The van der Waals surface area contributed by atoms with Gasteiger partial charge in [0.25, 0.3) is 5.91 Å². The highest BCUT2D eigenvalue weighted by atomic mass is 16.2. The molecule has 0 spiro atoms. The zero-order valence-electron chi connectivity index (χ0n) is 18.6. The van der Waals surface area contributed by atoms with Crippen LogP contribution in [0.3, 0.4) is 0 Å². The van der Waals surface area contributed by atoms with E-state index in [0.29, 0.717) is 23.5 Å². The molecule has 0 fully saturated rings. The van der Waals surface area contributed by atoms with Crippen molar-refractivity contribution in [3.8, 4) is 11.3 Å². The molecule has 2 aromatic heterocycles. The minimum atomic E-state index is -0.285. The number of nitrogens with one attached hydrogen (secondary N) is 1. The smallest absolute Gasteiger partial charge is 0.257 e. The number of pyridine rings is 1. The van der Waals surface area contributed by atoms with Gasteiger partial charge in [-0.25, -0.2) is 0 Å². The molecule has 4 rings (SSSR count). The van der Waals surface area contributed by atoms with Gasteiger partial charge in [0.2, 0.25) is 5.91 Å². The molecule has 0 radical (unpaired) electrons. The number of hydrogen-bond donors (Lipinski definition) is 1. The molecule has 0 saturated heterocycles. The Bertz CT molecular complexity index is 1230. The number of carbonyl (C=O) groups is 2. The Morgan fingerprint density at radius 2 is 1.76 bits per heavy atom. The lowest BCUT2D eigenvalue weighted by Gasteiger charge is -2.17. The fourth-order valence-electron chi connectivity index (χ4n) is 3.48. The molecule has 2 heterocycles. The molecule has 33 heavy (non-hydrogen) atoms. The number of hydrogen-bond acceptors (Lipinski definition) is 4. The van der Waals surface area contributed by atoms with E-state index in [1.54, 1.807) is 36.4 Å². The van der Waals surface area contributed by atoms with Crippen LogP contribution in [-0.2, 0) is 11.3 Å². The molecule has 0 aliphatic heterocycles. The minimum Gasteiger partial charge on any atom is -0.332 e. The van der Waals surface area contributed by atoms with Gasteiger partial charge in [-0.15, -0.1) is 0 Å². The molecule has 0 aliphatic carbocycles. The molecule has 0 saturated carbocycles. The number of aryl methyl sites for hydroxylation is 1. The van der Waals surface area contributed by atoms with E-state index in [0.717, 1.165) is 16.7 Å². The largest absolute Gasteiger partial charge is 0.332 e. The van der Waals surface area contributed by atoms with Gasteiger partial charge in [-0.1, -0.05) is 48.0 Å². The second-order valence-corrected chi connectivity index (χ2v) is 7.89. The van der Waals surface area contributed by atoms with E-state index < -0.39 is 0 Å². The normalized spacial score (nSPS) is 10.6. The third kappa shape index (κ3) is 5.51. The third-order valence-electron chi connectivity index (χ3n) is 5.18. The van der Waals surface area contributed by atoms with Gasteiger partial charge in [0.05, 0.1) is 18.7 Å². The number of aromatic nitrogens is 3. The lowest BCUT2D eigenvalue weighted by molar-refractivity contribution is -0.116. The molecule has 7 nitrogen and oxygen atoms in total. The first-order chi connectivity index (χ1) is 16.0. The number of benzene rings is 2. The molecule has 0 atom stereocenters. The second kappa shape index (κ2) is 9.91. The highest BCUT2D eigenvalue weighted by molar-refractivity contribution is 6.02. The Labute approximate surface area is 192 Å². The van der Waals surface area contributed by atoms with Crippen LogP contribution >= 0.6 is 0 Å². The van der Waals surface area contributed by atoms with E-state index in [1.807, 2.05) is 67.6 Å². The molecule has 2 aromatic carbocycles. The SMILES string of the molecule is Cc1ccc(NC(=O)CN(C)C(=O)c2cn(Cc3ccccc3)nc2-c2cccnc2)cc1. The Hall–Kier alpha value is -4.26. The fourth-order valence-corrected chi connectivity index (χ4v) is 3.48. The highest BCUT2D eigenvalue weighted by Gasteiger charge is 2.22. The van der Waals surface area contributed by atoms with Crippen molar-refractivity contribution >= 4 is 17.5 Å². The van der Waals surface area contributed by atoms with Crippen molar-refractivity contribution in [3.63, 3.8) is 0 Å². The lowest BCUT2D eigenvalue weighted by Crippen LogP contribution is -2.35. The number of anilines is 1. The van der Waals surface area contributed by atoms with Gasteiger partial charge in [-0.3, -0.25) is 19.3 Å². The number of nitrogens with zero attached hydrogens (tertiary/aromatic N) is 4. The van der Waals surface area contributed by atoms with Crippen LogP contribution in [0.5, 0.6) is 0 Å². The molecular weight excluding hydrogens is 414 g/mol. The van der Waals surface area contributed by atoms with E-state index in [-0.39, 0.29) is 18.4 Å². The quantitative estimate of drug-likeness (QED) is 0.472. The maximum atomic E-state index is 13.3. The highest BCUT2D eigenvalue weighted by Crippen LogP contribution is 2.23. The summed E-state index contributed by atoms with van der Waals surface area (Å²) in [7, 11) is 1.61. The van der Waals surface area contributed by atoms with E-state index in [2.05, 4.69) is 15.4 Å². The van der Waals surface area contributed by atoms with E-state index in [4.69, 9.17) is 0 Å². The van der Waals surface area contributed by atoms with Gasteiger partial charge < -0.3 is 10.2 Å². The standard InChI is InChI=1S/C26H25N5O2/c1-19-10-12-22(13-11-19)28-24(32)18-30(2)26(33)23-17-31(16-20-7-4-3-5-8-20)29-25(23)21-9-6-14-27-15-21/h3-15,17H,16,18H2,1-2H3,(H,28,32). The molecule has 1 N–H and O–H groups in total. The fraction of sp³-hybridized carbons (Fsp3) is 0.154. The topological polar surface area (TPSA) is 80.1 Å². The maximum absolute atomic E-state index is 13.3. The van der Waals surface area contributed by atoms with Crippen LogP contribution in [0.2, 0.25) is 0 Å². The number of amides is 2. The summed E-state index contributed by atoms with van der Waals surface area (Å²) in [6, 6.07) is 21.1. The van der Waals surface area contributed by atoms with E-state index in [9.17, 15) is 9.59 Å². The monoisotopic (exact) mass is 439 g/mol. The van der Waals surface area contributed by atoms with E-state index in [1.165, 1.54) is 4.90 Å². The van der Waals surface area contributed by atoms with Crippen molar-refractivity contribution in [1.82, 2.24) is 19.7 Å². The molecule has 0 aliphatic rings. The maximum Gasteiger partial charge on any atom is 0.257 e. The Kier molecular flexibility index (Phi) is 6.59. The van der Waals surface area contributed by atoms with Crippen LogP contribution in [0.15, 0.2) is 85.3 Å². The van der Waals surface area contributed by atoms with Gasteiger partial charge in [-0.05, 0) is 36.8 Å². The van der Waals surface area contributed by atoms with Crippen molar-refractivity contribution < 1.29 is 9.59 Å².